The van der Waals surface area contributed by atoms with Crippen molar-refractivity contribution in [2.45, 2.75) is 20.3 Å². The summed E-state index contributed by atoms with van der Waals surface area (Å²) < 4.78 is 5.08. The Bertz CT molecular complexity index is 442. The van der Waals surface area contributed by atoms with Gasteiger partial charge in [-0.05, 0) is 31.0 Å². The second-order valence-corrected chi connectivity index (χ2v) is 4.17. The normalized spacial score (nSPS) is 10.7. The molecule has 0 N–H and O–H groups in total. The summed E-state index contributed by atoms with van der Waals surface area (Å²) >= 11 is 0. The molecule has 1 aromatic rings. The van der Waals surface area contributed by atoms with E-state index in [1.54, 1.807) is 31.2 Å². The van der Waals surface area contributed by atoms with E-state index in [0.29, 0.717) is 17.9 Å². The van der Waals surface area contributed by atoms with E-state index >= 15 is 0 Å². The molecule has 0 radical (unpaired) electrons. The van der Waals surface area contributed by atoms with Crippen LogP contribution < -0.4 is 0 Å². The van der Waals surface area contributed by atoms with E-state index in [2.05, 4.69) is 10.3 Å². The van der Waals surface area contributed by atoms with E-state index in [1.165, 1.54) is 0 Å². The highest BCUT2D eigenvalue weighted by atomic mass is 16.5. The molecule has 0 aliphatic rings. The molecule has 0 aromatic heterocycles. The fourth-order valence-electron chi connectivity index (χ4n) is 1.26. The number of aryl methyl sites for hydroxylation is 1. The summed E-state index contributed by atoms with van der Waals surface area (Å²) in [5.74, 6) is -0.321. The summed E-state index contributed by atoms with van der Waals surface area (Å²) in [6.45, 7) is 4.31. The number of ether oxygens (including phenoxy) is 1. The summed E-state index contributed by atoms with van der Waals surface area (Å²) in [5, 5.41) is 9.59. The molecule has 18 heavy (non-hydrogen) atoms. The average Bonchev–Trinajstić information content (AvgIpc) is 2.34. The molecule has 1 rings (SSSR count). The highest BCUT2D eigenvalue weighted by Crippen LogP contribution is 2.21. The van der Waals surface area contributed by atoms with Crippen molar-refractivity contribution in [3.63, 3.8) is 0 Å². The molecule has 5 heteroatoms. The Morgan fingerprint density at radius 2 is 2.11 bits per heavy atom. The lowest BCUT2D eigenvalue weighted by atomic mass is 10.1. The summed E-state index contributed by atoms with van der Waals surface area (Å²) in [5.41, 5.74) is 2.14. The molecule has 0 fully saturated rings. The molecular weight excluding hydrogens is 230 g/mol. The fraction of sp³-hybridized carbons (Fsp3) is 0.462. The molecule has 0 aliphatic heterocycles. The minimum absolute atomic E-state index is 0.321. The van der Waals surface area contributed by atoms with Crippen LogP contribution in [0.1, 0.15) is 29.3 Å². The highest BCUT2D eigenvalue weighted by Gasteiger charge is 2.09. The van der Waals surface area contributed by atoms with Crippen molar-refractivity contribution in [1.29, 1.82) is 0 Å². The Labute approximate surface area is 107 Å². The summed E-state index contributed by atoms with van der Waals surface area (Å²) in [6.07, 6.45) is 0.810. The number of rotatable bonds is 5. The van der Waals surface area contributed by atoms with Gasteiger partial charge < -0.3 is 4.74 Å². The van der Waals surface area contributed by atoms with Crippen LogP contribution in [0.25, 0.3) is 0 Å². The van der Waals surface area contributed by atoms with Gasteiger partial charge in [0.15, 0.2) is 0 Å². The molecule has 0 saturated carbocycles. The fourth-order valence-corrected chi connectivity index (χ4v) is 1.26. The third-order valence-corrected chi connectivity index (χ3v) is 2.21. The number of hydrogen-bond acceptors (Lipinski definition) is 4. The minimum Gasteiger partial charge on any atom is -0.462 e. The van der Waals surface area contributed by atoms with Crippen molar-refractivity contribution >= 4 is 11.7 Å². The first-order valence-electron chi connectivity index (χ1n) is 5.91. The number of nitrogens with zero attached hydrogens (tertiary/aromatic N) is 3. The van der Waals surface area contributed by atoms with Gasteiger partial charge in [0.25, 0.3) is 0 Å². The van der Waals surface area contributed by atoms with Gasteiger partial charge in [-0.3, -0.25) is 5.01 Å². The van der Waals surface area contributed by atoms with E-state index in [9.17, 15) is 4.79 Å². The predicted molar refractivity (Wildman–Crippen MR) is 70.0 cm³/mol. The van der Waals surface area contributed by atoms with Crippen molar-refractivity contribution < 1.29 is 9.53 Å². The van der Waals surface area contributed by atoms with Gasteiger partial charge in [-0.2, -0.15) is 0 Å². The molecule has 98 valence electrons. The highest BCUT2D eigenvalue weighted by molar-refractivity contribution is 5.90. The van der Waals surface area contributed by atoms with Gasteiger partial charge >= 0.3 is 5.97 Å². The monoisotopic (exact) mass is 249 g/mol. The molecule has 0 atom stereocenters. The Balaban J connectivity index is 2.89. The lowest BCUT2D eigenvalue weighted by molar-refractivity contribution is 0.0505. The number of carbonyl (C=O) groups excluding carboxylic acids is 1. The first kappa shape index (κ1) is 14.2. The van der Waals surface area contributed by atoms with Gasteiger partial charge in [0.05, 0.1) is 17.9 Å². The van der Waals surface area contributed by atoms with Gasteiger partial charge in [-0.25, -0.2) is 4.79 Å². The Morgan fingerprint density at radius 1 is 1.39 bits per heavy atom. The van der Waals surface area contributed by atoms with Crippen molar-refractivity contribution in [3.8, 4) is 0 Å². The Hall–Kier alpha value is -1.91. The molecule has 0 amide bonds. The molecule has 0 bridgehead atoms. The molecule has 5 nitrogen and oxygen atoms in total. The number of carbonyl (C=O) groups is 1. The topological polar surface area (TPSA) is 54.3 Å². The van der Waals surface area contributed by atoms with E-state index in [0.717, 1.165) is 12.0 Å². The molecule has 1 aromatic carbocycles. The minimum atomic E-state index is -0.321. The maximum atomic E-state index is 11.7. The smallest absolute Gasteiger partial charge is 0.338 e. The zero-order valence-electron chi connectivity index (χ0n) is 11.3. The van der Waals surface area contributed by atoms with Crippen molar-refractivity contribution in [3.05, 3.63) is 29.3 Å². The molecule has 0 heterocycles. The molecule has 0 aliphatic carbocycles. The van der Waals surface area contributed by atoms with Crippen LogP contribution in [-0.4, -0.2) is 31.7 Å². The van der Waals surface area contributed by atoms with Crippen LogP contribution in [0.15, 0.2) is 28.5 Å². The van der Waals surface area contributed by atoms with Gasteiger partial charge in [-0.15, -0.1) is 5.11 Å². The van der Waals surface area contributed by atoms with Crippen LogP contribution in [0.4, 0.5) is 5.69 Å². The summed E-state index contributed by atoms with van der Waals surface area (Å²) in [7, 11) is 3.58. The van der Waals surface area contributed by atoms with Crippen molar-refractivity contribution in [1.82, 2.24) is 5.01 Å². The van der Waals surface area contributed by atoms with E-state index < -0.39 is 0 Å². The van der Waals surface area contributed by atoms with Crippen molar-refractivity contribution in [2.75, 3.05) is 20.7 Å². The SMILES string of the molecule is CCCOC(=O)c1ccc(C)c(N=NN(C)C)c1. The summed E-state index contributed by atoms with van der Waals surface area (Å²) in [6, 6.07) is 5.27. The van der Waals surface area contributed by atoms with Crippen LogP contribution >= 0.6 is 0 Å². The maximum Gasteiger partial charge on any atom is 0.338 e. The third kappa shape index (κ3) is 4.16. The third-order valence-electron chi connectivity index (χ3n) is 2.21. The summed E-state index contributed by atoms with van der Waals surface area (Å²) in [4.78, 5) is 11.7. The van der Waals surface area contributed by atoms with E-state index in [4.69, 9.17) is 4.74 Å². The average molecular weight is 249 g/mol. The van der Waals surface area contributed by atoms with Gasteiger partial charge in [0, 0.05) is 14.1 Å². The molecule has 0 unspecified atom stereocenters. The zero-order valence-corrected chi connectivity index (χ0v) is 11.3. The zero-order chi connectivity index (χ0) is 13.5. The Kier molecular flexibility index (Phi) is 5.30. The number of esters is 1. The van der Waals surface area contributed by atoms with Gasteiger partial charge in [-0.1, -0.05) is 18.2 Å². The maximum absolute atomic E-state index is 11.7. The Morgan fingerprint density at radius 3 is 2.72 bits per heavy atom. The molecular formula is C13H19N3O2. The lowest BCUT2D eigenvalue weighted by Gasteiger charge is -2.06. The van der Waals surface area contributed by atoms with Crippen LogP contribution in [0.2, 0.25) is 0 Å². The standard InChI is InChI=1S/C13H19N3O2/c1-5-8-18-13(17)11-7-6-10(2)12(9-11)14-15-16(3)4/h6-7,9H,5,8H2,1-4H3. The van der Waals surface area contributed by atoms with Crippen LogP contribution in [0, 0.1) is 6.92 Å². The lowest BCUT2D eigenvalue weighted by Crippen LogP contribution is -2.05. The van der Waals surface area contributed by atoms with E-state index in [1.807, 2.05) is 19.9 Å². The molecule has 0 saturated heterocycles. The van der Waals surface area contributed by atoms with Crippen LogP contribution in [-0.2, 0) is 4.74 Å². The van der Waals surface area contributed by atoms with Gasteiger partial charge in [0.1, 0.15) is 0 Å². The number of benzene rings is 1. The quantitative estimate of drug-likeness (QED) is 0.457. The second-order valence-electron chi connectivity index (χ2n) is 4.17. The molecule has 0 spiro atoms. The van der Waals surface area contributed by atoms with Crippen molar-refractivity contribution in [2.24, 2.45) is 10.3 Å². The largest absolute Gasteiger partial charge is 0.462 e. The van der Waals surface area contributed by atoms with Crippen LogP contribution in [0.3, 0.4) is 0 Å². The van der Waals surface area contributed by atoms with E-state index in [-0.39, 0.29) is 5.97 Å². The number of hydrogen-bond donors (Lipinski definition) is 0. The second kappa shape index (κ2) is 6.74. The van der Waals surface area contributed by atoms with Gasteiger partial charge in [0.2, 0.25) is 0 Å². The predicted octanol–water partition coefficient (Wildman–Crippen LogP) is 3.12. The van der Waals surface area contributed by atoms with Crippen LogP contribution in [0.5, 0.6) is 0 Å². The first-order chi connectivity index (χ1) is 8.54. The first-order valence-corrected chi connectivity index (χ1v) is 5.91.